The highest BCUT2D eigenvalue weighted by Gasteiger charge is 2.12. The Morgan fingerprint density at radius 2 is 1.63 bits per heavy atom. The lowest BCUT2D eigenvalue weighted by molar-refractivity contribution is -0.384. The zero-order chi connectivity index (χ0) is 19.3. The Morgan fingerprint density at radius 1 is 0.963 bits per heavy atom. The summed E-state index contributed by atoms with van der Waals surface area (Å²) in [5.41, 5.74) is 0.771. The first kappa shape index (κ1) is 18.3. The van der Waals surface area contributed by atoms with E-state index in [-0.39, 0.29) is 22.7 Å². The van der Waals surface area contributed by atoms with Crippen molar-refractivity contribution in [2.24, 2.45) is 4.40 Å². The van der Waals surface area contributed by atoms with Crippen molar-refractivity contribution in [2.45, 2.75) is 11.5 Å². The molecule has 9 heteroatoms. The molecule has 0 saturated heterocycles. The molecule has 1 heterocycles. The molecule has 0 fully saturated rings. The molecule has 0 aliphatic rings. The second kappa shape index (κ2) is 7.83. The van der Waals surface area contributed by atoms with Gasteiger partial charge < -0.3 is 4.84 Å². The van der Waals surface area contributed by atoms with Crippen molar-refractivity contribution in [3.63, 3.8) is 0 Å². The van der Waals surface area contributed by atoms with Crippen molar-refractivity contribution >= 4 is 15.7 Å². The molecule has 138 valence electrons. The van der Waals surface area contributed by atoms with Crippen LogP contribution in [0.3, 0.4) is 0 Å². The fourth-order valence-electron chi connectivity index (χ4n) is 2.23. The second-order valence-electron chi connectivity index (χ2n) is 5.46. The molecule has 3 aromatic rings. The van der Waals surface area contributed by atoms with Gasteiger partial charge in [-0.25, -0.2) is 0 Å². The summed E-state index contributed by atoms with van der Waals surface area (Å²) in [6.07, 6.45) is 1.53. The van der Waals surface area contributed by atoms with E-state index in [1.54, 1.807) is 42.5 Å². The first-order chi connectivity index (χ1) is 13.0. The third-order valence-electron chi connectivity index (χ3n) is 3.58. The molecule has 0 atom stereocenters. The summed E-state index contributed by atoms with van der Waals surface area (Å²) in [4.78, 5) is 15.9. The third-order valence-corrected chi connectivity index (χ3v) is 4.87. The number of rotatable bonds is 6. The highest BCUT2D eigenvalue weighted by Crippen LogP contribution is 2.12. The number of hydrogen-bond acceptors (Lipinski definition) is 5. The van der Waals surface area contributed by atoms with E-state index in [2.05, 4.69) is 4.40 Å². The van der Waals surface area contributed by atoms with E-state index in [4.69, 9.17) is 4.84 Å². The minimum atomic E-state index is -3.88. The smallest absolute Gasteiger partial charge is 0.284 e. The molecule has 0 aliphatic heterocycles. The van der Waals surface area contributed by atoms with E-state index in [0.717, 1.165) is 0 Å². The van der Waals surface area contributed by atoms with Crippen LogP contribution >= 0.6 is 0 Å². The Kier molecular flexibility index (Phi) is 5.32. The molecule has 27 heavy (non-hydrogen) atoms. The van der Waals surface area contributed by atoms with Crippen LogP contribution in [0, 0.1) is 10.1 Å². The number of non-ortho nitro benzene ring substituents is 1. The number of aromatic nitrogens is 1. The zero-order valence-corrected chi connectivity index (χ0v) is 14.8. The van der Waals surface area contributed by atoms with E-state index in [9.17, 15) is 18.5 Å². The van der Waals surface area contributed by atoms with Gasteiger partial charge in [-0.3, -0.25) is 10.1 Å². The maximum atomic E-state index is 12.4. The SMILES string of the molecule is O=[N+]([O-])c1ccc(COn2cccc/c2=N/S(=O)(=O)c2ccccc2)cc1. The molecule has 2 aromatic carbocycles. The molecule has 0 aliphatic carbocycles. The Bertz CT molecular complexity index is 1110. The van der Waals surface area contributed by atoms with Gasteiger partial charge in [0.25, 0.3) is 15.7 Å². The molecular formula is C18H15N3O5S. The highest BCUT2D eigenvalue weighted by atomic mass is 32.2. The van der Waals surface area contributed by atoms with Crippen LogP contribution in [0.15, 0.2) is 88.3 Å². The van der Waals surface area contributed by atoms with Gasteiger partial charge in [-0.1, -0.05) is 24.3 Å². The Labute approximate surface area is 155 Å². The Balaban J connectivity index is 1.85. The molecule has 0 amide bonds. The van der Waals surface area contributed by atoms with E-state index < -0.39 is 14.9 Å². The first-order valence-electron chi connectivity index (χ1n) is 7.86. The topological polar surface area (TPSA) is 104 Å². The number of nitro groups is 1. The average molecular weight is 385 g/mol. The molecule has 0 spiro atoms. The van der Waals surface area contributed by atoms with Gasteiger partial charge in [-0.15, -0.1) is 4.40 Å². The summed E-state index contributed by atoms with van der Waals surface area (Å²) in [5, 5.41) is 10.7. The van der Waals surface area contributed by atoms with Gasteiger partial charge in [0.1, 0.15) is 6.61 Å². The fourth-order valence-corrected chi connectivity index (χ4v) is 3.22. The molecule has 8 nitrogen and oxygen atoms in total. The molecule has 0 unspecified atom stereocenters. The van der Waals surface area contributed by atoms with Crippen molar-refractivity contribution < 1.29 is 18.2 Å². The van der Waals surface area contributed by atoms with Crippen LogP contribution in [-0.2, 0) is 16.6 Å². The van der Waals surface area contributed by atoms with Gasteiger partial charge in [0, 0.05) is 18.3 Å². The summed E-state index contributed by atoms with van der Waals surface area (Å²) in [6, 6.07) is 18.6. The summed E-state index contributed by atoms with van der Waals surface area (Å²) in [7, 11) is -3.88. The van der Waals surface area contributed by atoms with Gasteiger partial charge >= 0.3 is 0 Å². The molecule has 3 rings (SSSR count). The fraction of sp³-hybridized carbons (Fsp3) is 0.0556. The standard InChI is InChI=1S/C18H15N3O5S/c22-21(23)16-11-9-15(10-12-16)14-26-20-13-5-4-8-18(20)19-27(24,25)17-6-2-1-3-7-17/h1-13H,14H2/b19-18-. The molecular weight excluding hydrogens is 370 g/mol. The highest BCUT2D eigenvalue weighted by molar-refractivity contribution is 7.90. The van der Waals surface area contributed by atoms with E-state index in [1.807, 2.05) is 0 Å². The Hall–Kier alpha value is -3.46. The van der Waals surface area contributed by atoms with Crippen molar-refractivity contribution in [1.29, 1.82) is 0 Å². The van der Waals surface area contributed by atoms with E-state index >= 15 is 0 Å². The minimum absolute atomic E-state index is 0.0178. The lowest BCUT2D eigenvalue weighted by Gasteiger charge is -2.09. The molecule has 1 aromatic heterocycles. The molecule has 0 saturated carbocycles. The molecule has 0 radical (unpaired) electrons. The van der Waals surface area contributed by atoms with Crippen LogP contribution in [0.5, 0.6) is 0 Å². The number of nitrogens with zero attached hydrogens (tertiary/aromatic N) is 3. The molecule has 0 bridgehead atoms. The summed E-state index contributed by atoms with van der Waals surface area (Å²) in [6.45, 7) is 0.0839. The largest absolute Gasteiger partial charge is 0.408 e. The number of benzene rings is 2. The van der Waals surface area contributed by atoms with Crippen molar-refractivity contribution in [3.8, 4) is 0 Å². The van der Waals surface area contributed by atoms with Crippen LogP contribution in [0.1, 0.15) is 5.56 Å². The van der Waals surface area contributed by atoms with Crippen molar-refractivity contribution in [2.75, 3.05) is 0 Å². The summed E-state index contributed by atoms with van der Waals surface area (Å²) >= 11 is 0. The lowest BCUT2D eigenvalue weighted by atomic mass is 10.2. The quantitative estimate of drug-likeness (QED) is 0.478. The predicted molar refractivity (Wildman–Crippen MR) is 97.0 cm³/mol. The molecule has 0 N–H and O–H groups in total. The lowest BCUT2D eigenvalue weighted by Crippen LogP contribution is -2.27. The summed E-state index contributed by atoms with van der Waals surface area (Å²) < 4.78 is 29.9. The normalized spacial score (nSPS) is 11.9. The monoisotopic (exact) mass is 385 g/mol. The first-order valence-corrected chi connectivity index (χ1v) is 9.30. The summed E-state index contributed by atoms with van der Waals surface area (Å²) in [5.74, 6) is 0. The van der Waals surface area contributed by atoms with E-state index in [1.165, 1.54) is 41.3 Å². The van der Waals surface area contributed by atoms with Crippen molar-refractivity contribution in [1.82, 2.24) is 4.73 Å². The number of sulfonamides is 1. The second-order valence-corrected chi connectivity index (χ2v) is 7.07. The number of pyridine rings is 1. The van der Waals surface area contributed by atoms with Gasteiger partial charge in [0.2, 0.25) is 0 Å². The maximum absolute atomic E-state index is 12.4. The van der Waals surface area contributed by atoms with Crippen LogP contribution in [0.25, 0.3) is 0 Å². The van der Waals surface area contributed by atoms with Crippen LogP contribution in [0.2, 0.25) is 0 Å². The van der Waals surface area contributed by atoms with Gasteiger partial charge in [0.05, 0.1) is 9.82 Å². The number of hydrogen-bond donors (Lipinski definition) is 0. The third kappa shape index (κ3) is 4.59. The van der Waals surface area contributed by atoms with Crippen LogP contribution in [0.4, 0.5) is 5.69 Å². The van der Waals surface area contributed by atoms with Crippen LogP contribution < -0.4 is 10.3 Å². The maximum Gasteiger partial charge on any atom is 0.284 e. The van der Waals surface area contributed by atoms with Crippen molar-refractivity contribution in [3.05, 3.63) is 100 Å². The number of nitro benzene ring substituents is 1. The average Bonchev–Trinajstić information content (AvgIpc) is 2.68. The van der Waals surface area contributed by atoms with Gasteiger partial charge in [-0.05, 0) is 42.0 Å². The van der Waals surface area contributed by atoms with Crippen LogP contribution in [-0.4, -0.2) is 18.1 Å². The van der Waals surface area contributed by atoms with E-state index in [0.29, 0.717) is 5.56 Å². The zero-order valence-electron chi connectivity index (χ0n) is 14.0. The van der Waals surface area contributed by atoms with Gasteiger partial charge in [0.15, 0.2) is 5.49 Å². The Morgan fingerprint density at radius 3 is 2.30 bits per heavy atom. The predicted octanol–water partition coefficient (Wildman–Crippen LogP) is 2.31. The van der Waals surface area contributed by atoms with Gasteiger partial charge in [-0.2, -0.15) is 13.1 Å². The minimum Gasteiger partial charge on any atom is -0.408 e.